The lowest BCUT2D eigenvalue weighted by atomic mass is 10.0. The second kappa shape index (κ2) is 6.88. The maximum Gasteiger partial charge on any atom is 0.262 e. The quantitative estimate of drug-likeness (QED) is 0.903. The number of para-hydroxylation sites is 1. The van der Waals surface area contributed by atoms with Crippen LogP contribution in [-0.2, 0) is 4.79 Å². The van der Waals surface area contributed by atoms with E-state index < -0.39 is 0 Å². The molecule has 0 aliphatic carbocycles. The molecule has 0 saturated heterocycles. The van der Waals surface area contributed by atoms with E-state index in [4.69, 9.17) is 4.74 Å². The van der Waals surface area contributed by atoms with Gasteiger partial charge >= 0.3 is 0 Å². The molecule has 0 bridgehead atoms. The molecule has 0 heterocycles. The van der Waals surface area contributed by atoms with Crippen molar-refractivity contribution in [3.05, 3.63) is 59.9 Å². The lowest BCUT2D eigenvalue weighted by molar-refractivity contribution is -0.118. The van der Waals surface area contributed by atoms with Crippen molar-refractivity contribution in [3.8, 4) is 5.75 Å². The van der Waals surface area contributed by atoms with Crippen LogP contribution in [0.25, 0.3) is 0 Å². The van der Waals surface area contributed by atoms with Crippen LogP contribution in [-0.4, -0.2) is 12.5 Å². The first-order valence-corrected chi connectivity index (χ1v) is 6.83. The van der Waals surface area contributed by atoms with Gasteiger partial charge in [-0.3, -0.25) is 4.79 Å². The van der Waals surface area contributed by atoms with Crippen LogP contribution in [0, 0.1) is 5.82 Å². The van der Waals surface area contributed by atoms with Crippen LogP contribution < -0.4 is 10.1 Å². The molecule has 1 N–H and O–H groups in total. The Hall–Kier alpha value is -2.36. The SMILES string of the molecule is CC(C)c1ccccc1NC(=O)COc1ccc(F)cc1. The molecule has 0 aliphatic rings. The first-order valence-electron chi connectivity index (χ1n) is 6.83. The minimum atomic E-state index is -0.335. The average Bonchev–Trinajstić information content (AvgIpc) is 2.47. The molecular formula is C17H18FNO2. The fraction of sp³-hybridized carbons (Fsp3) is 0.235. The third kappa shape index (κ3) is 4.31. The smallest absolute Gasteiger partial charge is 0.262 e. The number of anilines is 1. The molecule has 4 heteroatoms. The van der Waals surface area contributed by atoms with Crippen molar-refractivity contribution >= 4 is 11.6 Å². The highest BCUT2D eigenvalue weighted by Crippen LogP contribution is 2.23. The normalized spacial score (nSPS) is 10.5. The Morgan fingerprint density at radius 2 is 1.81 bits per heavy atom. The Morgan fingerprint density at radius 1 is 1.14 bits per heavy atom. The van der Waals surface area contributed by atoms with Crippen LogP contribution in [0.15, 0.2) is 48.5 Å². The predicted octanol–water partition coefficient (Wildman–Crippen LogP) is 3.97. The number of nitrogens with one attached hydrogen (secondary N) is 1. The summed E-state index contributed by atoms with van der Waals surface area (Å²) in [5, 5.41) is 2.84. The first kappa shape index (κ1) is 15.0. The average molecular weight is 287 g/mol. The first-order chi connectivity index (χ1) is 10.1. The second-order valence-electron chi connectivity index (χ2n) is 5.03. The molecule has 21 heavy (non-hydrogen) atoms. The number of rotatable bonds is 5. The van der Waals surface area contributed by atoms with Gasteiger partial charge in [-0.15, -0.1) is 0 Å². The molecule has 0 spiro atoms. The number of carbonyl (C=O) groups is 1. The van der Waals surface area contributed by atoms with Gasteiger partial charge in [0.15, 0.2) is 6.61 Å². The van der Waals surface area contributed by atoms with Gasteiger partial charge in [0, 0.05) is 5.69 Å². The molecule has 110 valence electrons. The van der Waals surface area contributed by atoms with Gasteiger partial charge in [0.05, 0.1) is 0 Å². The topological polar surface area (TPSA) is 38.3 Å². The van der Waals surface area contributed by atoms with Crippen molar-refractivity contribution in [2.45, 2.75) is 19.8 Å². The van der Waals surface area contributed by atoms with Crippen molar-refractivity contribution in [2.24, 2.45) is 0 Å². The van der Waals surface area contributed by atoms with Gasteiger partial charge in [-0.1, -0.05) is 32.0 Å². The minimum absolute atomic E-state index is 0.113. The highest BCUT2D eigenvalue weighted by Gasteiger charge is 2.09. The van der Waals surface area contributed by atoms with Crippen molar-refractivity contribution in [1.29, 1.82) is 0 Å². The van der Waals surface area contributed by atoms with Crippen molar-refractivity contribution < 1.29 is 13.9 Å². The molecule has 2 aromatic carbocycles. The molecule has 0 radical (unpaired) electrons. The summed E-state index contributed by atoms with van der Waals surface area (Å²) in [4.78, 5) is 11.9. The summed E-state index contributed by atoms with van der Waals surface area (Å²) in [6.45, 7) is 4.03. The minimum Gasteiger partial charge on any atom is -0.484 e. The molecule has 2 aromatic rings. The van der Waals surface area contributed by atoms with Gasteiger partial charge in [-0.2, -0.15) is 0 Å². The molecule has 0 atom stereocenters. The van der Waals surface area contributed by atoms with E-state index in [0.29, 0.717) is 11.7 Å². The molecule has 0 saturated carbocycles. The van der Waals surface area contributed by atoms with Gasteiger partial charge in [0.25, 0.3) is 5.91 Å². The number of amides is 1. The Morgan fingerprint density at radius 3 is 2.48 bits per heavy atom. The summed E-state index contributed by atoms with van der Waals surface area (Å²) < 4.78 is 18.1. The third-order valence-electron chi connectivity index (χ3n) is 3.04. The molecule has 1 amide bonds. The molecule has 2 rings (SSSR count). The molecule has 0 unspecified atom stereocenters. The lowest BCUT2D eigenvalue weighted by Crippen LogP contribution is -2.21. The zero-order valence-electron chi connectivity index (χ0n) is 12.1. The van der Waals surface area contributed by atoms with E-state index in [-0.39, 0.29) is 18.3 Å². The lowest BCUT2D eigenvalue weighted by Gasteiger charge is -2.13. The van der Waals surface area contributed by atoms with Crippen LogP contribution >= 0.6 is 0 Å². The molecular weight excluding hydrogens is 269 g/mol. The van der Waals surface area contributed by atoms with Gasteiger partial charge in [-0.05, 0) is 41.8 Å². The Kier molecular flexibility index (Phi) is 4.93. The van der Waals surface area contributed by atoms with Crippen LogP contribution in [0.2, 0.25) is 0 Å². The molecule has 0 aromatic heterocycles. The zero-order valence-corrected chi connectivity index (χ0v) is 12.1. The molecule has 0 aliphatic heterocycles. The predicted molar refractivity (Wildman–Crippen MR) is 81.1 cm³/mol. The Labute approximate surface area is 123 Å². The Bertz CT molecular complexity index is 608. The van der Waals surface area contributed by atoms with Gasteiger partial charge < -0.3 is 10.1 Å². The number of ether oxygens (including phenoxy) is 1. The van der Waals surface area contributed by atoms with E-state index in [0.717, 1.165) is 11.3 Å². The van der Waals surface area contributed by atoms with E-state index in [1.54, 1.807) is 0 Å². The van der Waals surface area contributed by atoms with Crippen LogP contribution in [0.5, 0.6) is 5.75 Å². The number of hydrogen-bond acceptors (Lipinski definition) is 2. The van der Waals surface area contributed by atoms with E-state index in [2.05, 4.69) is 19.2 Å². The largest absolute Gasteiger partial charge is 0.484 e. The summed E-state index contributed by atoms with van der Waals surface area (Å²) >= 11 is 0. The summed E-state index contributed by atoms with van der Waals surface area (Å²) in [7, 11) is 0. The molecule has 0 fully saturated rings. The number of halogens is 1. The highest BCUT2D eigenvalue weighted by atomic mass is 19.1. The zero-order chi connectivity index (χ0) is 15.2. The fourth-order valence-electron chi connectivity index (χ4n) is 1.98. The van der Waals surface area contributed by atoms with E-state index in [1.807, 2.05) is 24.3 Å². The second-order valence-corrected chi connectivity index (χ2v) is 5.03. The summed E-state index contributed by atoms with van der Waals surface area (Å²) in [5.41, 5.74) is 1.87. The summed E-state index contributed by atoms with van der Waals surface area (Å²) in [5.74, 6) is 0.202. The molecule has 3 nitrogen and oxygen atoms in total. The van der Waals surface area contributed by atoms with E-state index >= 15 is 0 Å². The third-order valence-corrected chi connectivity index (χ3v) is 3.04. The Balaban J connectivity index is 1.94. The number of carbonyl (C=O) groups excluding carboxylic acids is 1. The van der Waals surface area contributed by atoms with Crippen LogP contribution in [0.1, 0.15) is 25.3 Å². The summed E-state index contributed by atoms with van der Waals surface area (Å²) in [6.07, 6.45) is 0. The monoisotopic (exact) mass is 287 g/mol. The number of benzene rings is 2. The maximum absolute atomic E-state index is 12.8. The standard InChI is InChI=1S/C17H18FNO2/c1-12(2)15-5-3-4-6-16(15)19-17(20)11-21-14-9-7-13(18)8-10-14/h3-10,12H,11H2,1-2H3,(H,19,20). The van der Waals surface area contributed by atoms with Gasteiger partial charge in [-0.25, -0.2) is 4.39 Å². The van der Waals surface area contributed by atoms with Crippen molar-refractivity contribution in [1.82, 2.24) is 0 Å². The van der Waals surface area contributed by atoms with E-state index in [1.165, 1.54) is 24.3 Å². The fourth-order valence-corrected chi connectivity index (χ4v) is 1.98. The maximum atomic E-state index is 12.8. The summed E-state index contributed by atoms with van der Waals surface area (Å²) in [6, 6.07) is 13.2. The van der Waals surface area contributed by atoms with E-state index in [9.17, 15) is 9.18 Å². The van der Waals surface area contributed by atoms with Crippen molar-refractivity contribution in [2.75, 3.05) is 11.9 Å². The van der Waals surface area contributed by atoms with Crippen molar-refractivity contribution in [3.63, 3.8) is 0 Å². The van der Waals surface area contributed by atoms with Gasteiger partial charge in [0.2, 0.25) is 0 Å². The number of hydrogen-bond donors (Lipinski definition) is 1. The van der Waals surface area contributed by atoms with Crippen LogP contribution in [0.4, 0.5) is 10.1 Å². The van der Waals surface area contributed by atoms with Crippen LogP contribution in [0.3, 0.4) is 0 Å². The highest BCUT2D eigenvalue weighted by molar-refractivity contribution is 5.92. The van der Waals surface area contributed by atoms with Gasteiger partial charge in [0.1, 0.15) is 11.6 Å².